The maximum Gasteiger partial charge on any atom is 0.104 e. The molecule has 0 aromatic heterocycles. The van der Waals surface area contributed by atoms with Crippen LogP contribution in [0.2, 0.25) is 0 Å². The van der Waals surface area contributed by atoms with Crippen LogP contribution in [-0.2, 0) is 12.8 Å². The highest BCUT2D eigenvalue weighted by molar-refractivity contribution is 5.39. The first kappa shape index (κ1) is 15.8. The molecule has 0 amide bonds. The Hall–Kier alpha value is -1.60. The van der Waals surface area contributed by atoms with E-state index in [1.165, 1.54) is 16.7 Å². The molecule has 2 aromatic rings. The van der Waals surface area contributed by atoms with Gasteiger partial charge in [-0.3, -0.25) is 0 Å². The fourth-order valence-electron chi connectivity index (χ4n) is 2.68. The van der Waals surface area contributed by atoms with Crippen LogP contribution < -0.4 is 0 Å². The Kier molecular flexibility index (Phi) is 5.19. The number of aliphatic hydroxyl groups is 1. The van der Waals surface area contributed by atoms with Crippen molar-refractivity contribution in [2.24, 2.45) is 0 Å². The van der Waals surface area contributed by atoms with Gasteiger partial charge in [0.25, 0.3) is 0 Å². The molecule has 1 heteroatoms. The average Bonchev–Trinajstić information content (AvgIpc) is 2.53. The van der Waals surface area contributed by atoms with Crippen LogP contribution >= 0.6 is 0 Å². The van der Waals surface area contributed by atoms with Crippen LogP contribution in [0, 0.1) is 0 Å². The molecule has 0 spiro atoms. The second-order valence-electron chi connectivity index (χ2n) is 5.96. The number of hydrogen-bond acceptors (Lipinski definition) is 1. The number of aliphatic hydroxyl groups excluding tert-OH is 1. The largest absolute Gasteiger partial charge is 0.384 e. The SMILES string of the molecule is CCc1ccc(CC)c(C(O)c2ccc(C(C)C)cc2)c1. The van der Waals surface area contributed by atoms with Crippen LogP contribution in [0.25, 0.3) is 0 Å². The number of hydrogen-bond donors (Lipinski definition) is 1. The molecule has 2 rings (SSSR count). The van der Waals surface area contributed by atoms with Gasteiger partial charge in [0.05, 0.1) is 0 Å². The Labute approximate surface area is 128 Å². The Balaban J connectivity index is 2.36. The van der Waals surface area contributed by atoms with E-state index in [9.17, 15) is 5.11 Å². The van der Waals surface area contributed by atoms with Crippen LogP contribution in [0.5, 0.6) is 0 Å². The molecule has 0 radical (unpaired) electrons. The van der Waals surface area contributed by atoms with Gasteiger partial charge in [0.1, 0.15) is 6.10 Å². The van der Waals surface area contributed by atoms with Gasteiger partial charge in [0.2, 0.25) is 0 Å². The molecule has 0 saturated heterocycles. The first-order chi connectivity index (χ1) is 10.1. The van der Waals surface area contributed by atoms with Crippen molar-refractivity contribution in [2.45, 2.75) is 52.6 Å². The van der Waals surface area contributed by atoms with E-state index in [4.69, 9.17) is 0 Å². The molecule has 1 unspecified atom stereocenters. The van der Waals surface area contributed by atoms with Crippen molar-refractivity contribution in [3.05, 3.63) is 70.3 Å². The van der Waals surface area contributed by atoms with Gasteiger partial charge in [-0.05, 0) is 46.6 Å². The predicted molar refractivity (Wildman–Crippen MR) is 89.8 cm³/mol. The van der Waals surface area contributed by atoms with E-state index in [0.717, 1.165) is 24.0 Å². The molecule has 0 heterocycles. The van der Waals surface area contributed by atoms with Crippen LogP contribution in [0.1, 0.15) is 67.5 Å². The van der Waals surface area contributed by atoms with Crippen LogP contribution in [0.15, 0.2) is 42.5 Å². The van der Waals surface area contributed by atoms with E-state index >= 15 is 0 Å². The molecule has 0 saturated carbocycles. The molecule has 0 bridgehead atoms. The second-order valence-corrected chi connectivity index (χ2v) is 5.96. The first-order valence-electron chi connectivity index (χ1n) is 7.96. The van der Waals surface area contributed by atoms with Crippen molar-refractivity contribution in [2.75, 3.05) is 0 Å². The monoisotopic (exact) mass is 282 g/mol. The molecule has 2 aromatic carbocycles. The Morgan fingerprint density at radius 2 is 1.48 bits per heavy atom. The molecule has 112 valence electrons. The number of rotatable bonds is 5. The number of aryl methyl sites for hydroxylation is 2. The zero-order chi connectivity index (χ0) is 15.4. The highest BCUT2D eigenvalue weighted by atomic mass is 16.3. The topological polar surface area (TPSA) is 20.2 Å². The zero-order valence-electron chi connectivity index (χ0n) is 13.6. The molecule has 0 aliphatic rings. The van der Waals surface area contributed by atoms with E-state index in [2.05, 4.69) is 70.2 Å². The van der Waals surface area contributed by atoms with Gasteiger partial charge in [-0.1, -0.05) is 70.2 Å². The molecule has 21 heavy (non-hydrogen) atoms. The third kappa shape index (κ3) is 3.54. The van der Waals surface area contributed by atoms with Crippen molar-refractivity contribution in [3.8, 4) is 0 Å². The molecule has 1 N–H and O–H groups in total. The lowest BCUT2D eigenvalue weighted by molar-refractivity contribution is 0.219. The minimum atomic E-state index is -0.535. The first-order valence-corrected chi connectivity index (χ1v) is 7.96. The maximum absolute atomic E-state index is 10.8. The molecular weight excluding hydrogens is 256 g/mol. The van der Waals surface area contributed by atoms with Crippen molar-refractivity contribution in [3.63, 3.8) is 0 Å². The van der Waals surface area contributed by atoms with Gasteiger partial charge in [0, 0.05) is 0 Å². The summed E-state index contributed by atoms with van der Waals surface area (Å²) in [5.41, 5.74) is 5.84. The summed E-state index contributed by atoms with van der Waals surface area (Å²) in [5, 5.41) is 10.8. The van der Waals surface area contributed by atoms with Crippen molar-refractivity contribution in [1.82, 2.24) is 0 Å². The highest BCUT2D eigenvalue weighted by Gasteiger charge is 2.14. The zero-order valence-corrected chi connectivity index (χ0v) is 13.6. The molecular formula is C20H26O. The van der Waals surface area contributed by atoms with E-state index in [1.54, 1.807) is 0 Å². The molecule has 0 aliphatic carbocycles. The van der Waals surface area contributed by atoms with Gasteiger partial charge in [-0.15, -0.1) is 0 Å². The summed E-state index contributed by atoms with van der Waals surface area (Å²) in [6.07, 6.45) is 1.41. The van der Waals surface area contributed by atoms with Crippen LogP contribution in [0.3, 0.4) is 0 Å². The normalized spacial score (nSPS) is 12.7. The fourth-order valence-corrected chi connectivity index (χ4v) is 2.68. The summed E-state index contributed by atoms with van der Waals surface area (Å²) in [6.45, 7) is 8.66. The lowest BCUT2D eigenvalue weighted by Gasteiger charge is -2.17. The minimum absolute atomic E-state index is 0.519. The Morgan fingerprint density at radius 1 is 0.857 bits per heavy atom. The lowest BCUT2D eigenvalue weighted by Crippen LogP contribution is -2.05. The molecule has 0 aliphatic heterocycles. The molecule has 1 atom stereocenters. The molecule has 1 nitrogen and oxygen atoms in total. The summed E-state index contributed by atoms with van der Waals surface area (Å²) in [5.74, 6) is 0.519. The Bertz CT molecular complexity index is 581. The van der Waals surface area contributed by atoms with E-state index in [-0.39, 0.29) is 0 Å². The van der Waals surface area contributed by atoms with E-state index < -0.39 is 6.10 Å². The highest BCUT2D eigenvalue weighted by Crippen LogP contribution is 2.28. The quantitative estimate of drug-likeness (QED) is 0.816. The third-order valence-corrected chi connectivity index (χ3v) is 4.21. The van der Waals surface area contributed by atoms with Gasteiger partial charge in [-0.25, -0.2) is 0 Å². The minimum Gasteiger partial charge on any atom is -0.384 e. The lowest BCUT2D eigenvalue weighted by atomic mass is 9.92. The van der Waals surface area contributed by atoms with Gasteiger partial charge in [0.15, 0.2) is 0 Å². The summed E-state index contributed by atoms with van der Waals surface area (Å²) >= 11 is 0. The van der Waals surface area contributed by atoms with Gasteiger partial charge < -0.3 is 5.11 Å². The van der Waals surface area contributed by atoms with E-state index in [1.807, 2.05) is 0 Å². The number of benzene rings is 2. The summed E-state index contributed by atoms with van der Waals surface area (Å²) in [6, 6.07) is 14.8. The standard InChI is InChI=1S/C20H26O/c1-5-15-7-8-16(6-2)19(13-15)20(21)18-11-9-17(10-12-18)14(3)4/h7-14,20-21H,5-6H2,1-4H3. The smallest absolute Gasteiger partial charge is 0.104 e. The summed E-state index contributed by atoms with van der Waals surface area (Å²) < 4.78 is 0. The summed E-state index contributed by atoms with van der Waals surface area (Å²) in [4.78, 5) is 0. The Morgan fingerprint density at radius 3 is 2.00 bits per heavy atom. The third-order valence-electron chi connectivity index (χ3n) is 4.21. The molecule has 0 fully saturated rings. The fraction of sp³-hybridized carbons (Fsp3) is 0.400. The van der Waals surface area contributed by atoms with Gasteiger partial charge >= 0.3 is 0 Å². The van der Waals surface area contributed by atoms with Crippen molar-refractivity contribution < 1.29 is 5.11 Å². The maximum atomic E-state index is 10.8. The summed E-state index contributed by atoms with van der Waals surface area (Å²) in [7, 11) is 0. The van der Waals surface area contributed by atoms with Crippen molar-refractivity contribution >= 4 is 0 Å². The van der Waals surface area contributed by atoms with Gasteiger partial charge in [-0.2, -0.15) is 0 Å². The second kappa shape index (κ2) is 6.91. The van der Waals surface area contributed by atoms with Crippen LogP contribution in [-0.4, -0.2) is 5.11 Å². The average molecular weight is 282 g/mol. The van der Waals surface area contributed by atoms with Crippen LogP contribution in [0.4, 0.5) is 0 Å². The van der Waals surface area contributed by atoms with E-state index in [0.29, 0.717) is 5.92 Å². The predicted octanol–water partition coefficient (Wildman–Crippen LogP) is 5.02. The van der Waals surface area contributed by atoms with Crippen molar-refractivity contribution in [1.29, 1.82) is 0 Å².